The molecule has 0 unspecified atom stereocenters. The molecule has 1 N–H and O–H groups in total. The average molecular weight is 390 g/mol. The minimum absolute atomic E-state index is 0.195. The van der Waals surface area contributed by atoms with Gasteiger partial charge in [-0.25, -0.2) is 4.98 Å². The number of carbonyl (C=O) groups excluding carboxylic acids is 1. The summed E-state index contributed by atoms with van der Waals surface area (Å²) in [5.41, 5.74) is 2.08. The molecule has 2 aromatic carbocycles. The van der Waals surface area contributed by atoms with E-state index in [-0.39, 0.29) is 24.1 Å². The number of hydrogen-bond acceptors (Lipinski definition) is 5. The largest absolute Gasteiger partial charge is 0.347 e. The second-order valence-electron chi connectivity index (χ2n) is 7.23. The van der Waals surface area contributed by atoms with E-state index in [9.17, 15) is 9.59 Å². The molecule has 148 valence electrons. The lowest BCUT2D eigenvalue weighted by atomic mass is 10.2. The summed E-state index contributed by atoms with van der Waals surface area (Å²) >= 11 is 0. The molecule has 4 aromatic rings. The van der Waals surface area contributed by atoms with Crippen molar-refractivity contribution in [1.82, 2.24) is 29.9 Å². The number of fused-ring (bicyclic) bond motifs is 2. The van der Waals surface area contributed by atoms with Crippen LogP contribution in [-0.4, -0.2) is 30.5 Å². The van der Waals surface area contributed by atoms with Crippen LogP contribution in [0.5, 0.6) is 0 Å². The quantitative estimate of drug-likeness (QED) is 0.565. The van der Waals surface area contributed by atoms with Crippen LogP contribution < -0.4 is 10.9 Å². The Morgan fingerprint density at radius 3 is 2.48 bits per heavy atom. The van der Waals surface area contributed by atoms with Crippen LogP contribution in [0.1, 0.15) is 38.7 Å². The summed E-state index contributed by atoms with van der Waals surface area (Å²) in [6, 6.07) is 14.2. The molecule has 2 heterocycles. The molecule has 8 nitrogen and oxygen atoms in total. The first-order chi connectivity index (χ1) is 14.0. The Kier molecular flexibility index (Phi) is 4.84. The van der Waals surface area contributed by atoms with Crippen molar-refractivity contribution in [3.8, 4) is 0 Å². The zero-order valence-electron chi connectivity index (χ0n) is 16.5. The molecule has 4 rings (SSSR count). The minimum Gasteiger partial charge on any atom is -0.347 e. The predicted octanol–water partition coefficient (Wildman–Crippen LogP) is 2.60. The van der Waals surface area contributed by atoms with Crippen molar-refractivity contribution < 1.29 is 4.79 Å². The summed E-state index contributed by atoms with van der Waals surface area (Å²) < 4.78 is 3.21. The normalized spacial score (nSPS) is 12.6. The topological polar surface area (TPSA) is 94.7 Å². The van der Waals surface area contributed by atoms with Gasteiger partial charge in [-0.05, 0) is 45.0 Å². The Balaban J connectivity index is 1.58. The summed E-state index contributed by atoms with van der Waals surface area (Å²) in [5, 5.41) is 11.3. The molecule has 0 saturated carbocycles. The van der Waals surface area contributed by atoms with Gasteiger partial charge < -0.3 is 9.88 Å². The third kappa shape index (κ3) is 3.37. The van der Waals surface area contributed by atoms with Crippen LogP contribution in [0.15, 0.2) is 53.3 Å². The van der Waals surface area contributed by atoms with Gasteiger partial charge in [-0.1, -0.05) is 29.5 Å². The zero-order valence-corrected chi connectivity index (χ0v) is 16.5. The number of aromatic nitrogens is 5. The van der Waals surface area contributed by atoms with E-state index in [0.29, 0.717) is 10.9 Å². The molecule has 0 radical (unpaired) electrons. The Hall–Kier alpha value is -3.55. The van der Waals surface area contributed by atoms with Gasteiger partial charge in [0.2, 0.25) is 5.91 Å². The van der Waals surface area contributed by atoms with Crippen molar-refractivity contribution in [2.75, 3.05) is 0 Å². The molecule has 0 aliphatic carbocycles. The van der Waals surface area contributed by atoms with Gasteiger partial charge in [0.15, 0.2) is 0 Å². The first kappa shape index (κ1) is 18.8. The molecule has 0 saturated heterocycles. The molecule has 8 heteroatoms. The molecule has 29 heavy (non-hydrogen) atoms. The third-order valence-electron chi connectivity index (χ3n) is 4.94. The molecule has 0 aliphatic heterocycles. The fraction of sp³-hybridized carbons (Fsp3) is 0.286. The molecule has 0 spiro atoms. The monoisotopic (exact) mass is 390 g/mol. The van der Waals surface area contributed by atoms with E-state index in [0.717, 1.165) is 21.5 Å². The molecular formula is C21H22N6O2. The maximum absolute atomic E-state index is 12.7. The number of rotatable bonds is 5. The predicted molar refractivity (Wildman–Crippen MR) is 110 cm³/mol. The van der Waals surface area contributed by atoms with Crippen LogP contribution in [0.4, 0.5) is 0 Å². The van der Waals surface area contributed by atoms with E-state index >= 15 is 0 Å². The number of hydrogen-bond donors (Lipinski definition) is 1. The lowest BCUT2D eigenvalue weighted by molar-refractivity contribution is -0.124. The number of amides is 1. The van der Waals surface area contributed by atoms with Crippen molar-refractivity contribution >= 4 is 27.8 Å². The second kappa shape index (κ2) is 7.46. The van der Waals surface area contributed by atoms with Gasteiger partial charge >= 0.3 is 0 Å². The van der Waals surface area contributed by atoms with Crippen molar-refractivity contribution in [3.63, 3.8) is 0 Å². The molecule has 0 aliphatic rings. The smallest absolute Gasteiger partial charge is 0.278 e. The summed E-state index contributed by atoms with van der Waals surface area (Å²) in [6.45, 7) is 6.04. The standard InChI is InChI=1S/C21H22N6O2/c1-13(2)26-18-11-7-6-10-17(18)23-19(26)12-22-20(28)14(3)27-21(29)15-8-4-5-9-16(15)24-25-27/h4-11,13-14H,12H2,1-3H3,(H,22,28)/t14-/m1/s1. The Labute approximate surface area is 167 Å². The first-order valence-electron chi connectivity index (χ1n) is 9.55. The Bertz CT molecular complexity index is 1260. The van der Waals surface area contributed by atoms with E-state index in [1.807, 2.05) is 24.3 Å². The number of benzene rings is 2. The lowest BCUT2D eigenvalue weighted by Crippen LogP contribution is -2.37. The molecule has 0 bridgehead atoms. The van der Waals surface area contributed by atoms with Gasteiger partial charge in [0, 0.05) is 6.04 Å². The summed E-state index contributed by atoms with van der Waals surface area (Å²) in [6.07, 6.45) is 0. The number of imidazole rings is 1. The van der Waals surface area contributed by atoms with Gasteiger partial charge in [-0.3, -0.25) is 9.59 Å². The maximum Gasteiger partial charge on any atom is 0.278 e. The number of carbonyl (C=O) groups is 1. The minimum atomic E-state index is -0.795. The molecule has 0 fully saturated rings. The van der Waals surface area contributed by atoms with Crippen LogP contribution in [-0.2, 0) is 11.3 Å². The third-order valence-corrected chi connectivity index (χ3v) is 4.94. The highest BCUT2D eigenvalue weighted by atomic mass is 16.2. The SMILES string of the molecule is CC(C)n1c(CNC(=O)[C@@H](C)n2nnc3ccccc3c2=O)nc2ccccc21. The fourth-order valence-corrected chi connectivity index (χ4v) is 3.48. The Morgan fingerprint density at radius 2 is 1.72 bits per heavy atom. The summed E-state index contributed by atoms with van der Waals surface area (Å²) in [7, 11) is 0. The highest BCUT2D eigenvalue weighted by Crippen LogP contribution is 2.21. The van der Waals surface area contributed by atoms with Crippen LogP contribution in [0.3, 0.4) is 0 Å². The summed E-state index contributed by atoms with van der Waals surface area (Å²) in [4.78, 5) is 30.0. The highest BCUT2D eigenvalue weighted by molar-refractivity contribution is 5.81. The van der Waals surface area contributed by atoms with E-state index in [1.165, 1.54) is 0 Å². The molecule has 1 amide bonds. The fourth-order valence-electron chi connectivity index (χ4n) is 3.48. The van der Waals surface area contributed by atoms with Crippen molar-refractivity contribution in [3.05, 3.63) is 64.7 Å². The van der Waals surface area contributed by atoms with E-state index in [4.69, 9.17) is 0 Å². The van der Waals surface area contributed by atoms with E-state index in [1.54, 1.807) is 31.2 Å². The van der Waals surface area contributed by atoms with Crippen LogP contribution >= 0.6 is 0 Å². The number of nitrogens with one attached hydrogen (secondary N) is 1. The van der Waals surface area contributed by atoms with Gasteiger partial charge in [0.05, 0.1) is 23.0 Å². The van der Waals surface area contributed by atoms with E-state index < -0.39 is 6.04 Å². The zero-order chi connectivity index (χ0) is 20.5. The van der Waals surface area contributed by atoms with Gasteiger partial charge in [-0.2, -0.15) is 4.68 Å². The molecule has 2 aromatic heterocycles. The van der Waals surface area contributed by atoms with Crippen molar-refractivity contribution in [2.45, 2.75) is 39.4 Å². The maximum atomic E-state index is 12.7. The van der Waals surface area contributed by atoms with Crippen LogP contribution in [0.25, 0.3) is 21.9 Å². The second-order valence-corrected chi connectivity index (χ2v) is 7.23. The number of nitrogens with zero attached hydrogens (tertiary/aromatic N) is 5. The van der Waals surface area contributed by atoms with Gasteiger partial charge in [0.25, 0.3) is 5.56 Å². The lowest BCUT2D eigenvalue weighted by Gasteiger charge is -2.16. The summed E-state index contributed by atoms with van der Waals surface area (Å²) in [5.74, 6) is 0.442. The molecule has 1 atom stereocenters. The van der Waals surface area contributed by atoms with Gasteiger partial charge in [-0.15, -0.1) is 5.10 Å². The average Bonchev–Trinajstić information content (AvgIpc) is 3.10. The number of para-hydroxylation sites is 2. The van der Waals surface area contributed by atoms with Crippen molar-refractivity contribution in [1.29, 1.82) is 0 Å². The van der Waals surface area contributed by atoms with Crippen LogP contribution in [0.2, 0.25) is 0 Å². The van der Waals surface area contributed by atoms with E-state index in [2.05, 4.69) is 39.0 Å². The van der Waals surface area contributed by atoms with Crippen LogP contribution in [0, 0.1) is 0 Å². The molecular weight excluding hydrogens is 368 g/mol. The Morgan fingerprint density at radius 1 is 1.03 bits per heavy atom. The first-order valence-corrected chi connectivity index (χ1v) is 9.55. The highest BCUT2D eigenvalue weighted by Gasteiger charge is 2.20. The van der Waals surface area contributed by atoms with Crippen molar-refractivity contribution in [2.24, 2.45) is 0 Å². The van der Waals surface area contributed by atoms with Gasteiger partial charge in [0.1, 0.15) is 17.4 Å².